The summed E-state index contributed by atoms with van der Waals surface area (Å²) in [6.45, 7) is 7.29. The molecule has 0 unspecified atom stereocenters. The molecule has 0 aliphatic heterocycles. The van der Waals surface area contributed by atoms with Crippen LogP contribution < -0.4 is 5.73 Å². The quantitative estimate of drug-likeness (QED) is 0.391. The van der Waals surface area contributed by atoms with E-state index in [0.717, 1.165) is 29.5 Å². The Labute approximate surface area is 126 Å². The summed E-state index contributed by atoms with van der Waals surface area (Å²) in [5.41, 5.74) is 7.01. The average molecular weight is 310 g/mol. The zero-order valence-electron chi connectivity index (χ0n) is 11.8. The first-order chi connectivity index (χ1) is 9.79. The largest absolute Gasteiger partial charge is 0.378 e. The van der Waals surface area contributed by atoms with Crippen molar-refractivity contribution in [1.29, 1.82) is 0 Å². The molecule has 0 radical (unpaired) electrons. The van der Waals surface area contributed by atoms with Gasteiger partial charge in [-0.2, -0.15) is 0 Å². The Morgan fingerprint density at radius 1 is 1.43 bits per heavy atom. The molecule has 0 bridgehead atoms. The van der Waals surface area contributed by atoms with Gasteiger partial charge in [0, 0.05) is 11.8 Å². The summed E-state index contributed by atoms with van der Waals surface area (Å²) in [4.78, 5) is 15.9. The molecule has 0 saturated carbocycles. The van der Waals surface area contributed by atoms with Crippen LogP contribution in [0.15, 0.2) is 47.1 Å². The van der Waals surface area contributed by atoms with E-state index in [4.69, 9.17) is 5.73 Å². The first-order valence-corrected chi connectivity index (χ1v) is 7.07. The molecule has 6 heteroatoms. The molecule has 0 aliphatic carbocycles. The van der Waals surface area contributed by atoms with Crippen molar-refractivity contribution in [2.45, 2.75) is 13.8 Å². The van der Waals surface area contributed by atoms with Crippen LogP contribution in [0.25, 0.3) is 0 Å². The lowest BCUT2D eigenvalue weighted by Gasteiger charge is -2.03. The summed E-state index contributed by atoms with van der Waals surface area (Å²) in [6.07, 6.45) is 1.74. The van der Waals surface area contributed by atoms with Crippen LogP contribution in [-0.2, 0) is 0 Å². The predicted molar refractivity (Wildman–Crippen MR) is 83.3 cm³/mol. The lowest BCUT2D eigenvalue weighted by Crippen LogP contribution is -2.13. The highest BCUT2D eigenvalue weighted by atomic mass is 32.2. The minimum atomic E-state index is -0.880. The molecule has 3 nitrogen and oxygen atoms in total. The molecule has 0 saturated heterocycles. The van der Waals surface area contributed by atoms with Crippen molar-refractivity contribution in [3.8, 4) is 0 Å². The molecule has 2 N–H and O–H groups in total. The maximum absolute atomic E-state index is 13.4. The number of thioether (sulfide) groups is 1. The highest BCUT2D eigenvalue weighted by Gasteiger charge is 2.13. The lowest BCUT2D eigenvalue weighted by molar-refractivity contribution is 0.101. The van der Waals surface area contributed by atoms with Crippen molar-refractivity contribution in [3.05, 3.63) is 59.3 Å². The molecule has 0 heterocycles. The Morgan fingerprint density at radius 2 is 2.10 bits per heavy atom. The van der Waals surface area contributed by atoms with Crippen molar-refractivity contribution in [1.82, 2.24) is 0 Å². The van der Waals surface area contributed by atoms with Gasteiger partial charge in [0.25, 0.3) is 0 Å². The van der Waals surface area contributed by atoms with E-state index in [-0.39, 0.29) is 16.5 Å². The maximum atomic E-state index is 13.4. The number of allylic oxidation sites excluding steroid dienone is 3. The number of aliphatic imine (C=N–C) groups is 1. The molecule has 0 aliphatic rings. The summed E-state index contributed by atoms with van der Waals surface area (Å²) in [5.74, 6) is -2.15. The number of ketones is 1. The van der Waals surface area contributed by atoms with Crippen molar-refractivity contribution in [2.75, 3.05) is 5.75 Å². The third-order valence-electron chi connectivity index (χ3n) is 2.32. The molecule has 112 valence electrons. The number of nitrogens with zero attached hydrogens (tertiary/aromatic N) is 1. The van der Waals surface area contributed by atoms with Crippen molar-refractivity contribution in [3.63, 3.8) is 0 Å². The van der Waals surface area contributed by atoms with Gasteiger partial charge in [-0.25, -0.2) is 13.8 Å². The second-order valence-electron chi connectivity index (χ2n) is 4.42. The molecule has 1 aromatic rings. The number of hydrogen-bond acceptors (Lipinski definition) is 3. The summed E-state index contributed by atoms with van der Waals surface area (Å²) >= 11 is 0.995. The molecule has 1 aromatic carbocycles. The minimum Gasteiger partial charge on any atom is -0.378 e. The fraction of sp³-hybridized carbons (Fsp3) is 0.200. The van der Waals surface area contributed by atoms with E-state index in [1.54, 1.807) is 13.0 Å². The van der Waals surface area contributed by atoms with Gasteiger partial charge in [0.1, 0.15) is 11.6 Å². The second kappa shape index (κ2) is 7.73. The van der Waals surface area contributed by atoms with Gasteiger partial charge in [-0.3, -0.25) is 4.79 Å². The van der Waals surface area contributed by atoms with Crippen LogP contribution in [0.5, 0.6) is 0 Å². The Kier molecular flexibility index (Phi) is 6.30. The Balaban J connectivity index is 2.68. The number of amidine groups is 1. The molecule has 1 rings (SSSR count). The van der Waals surface area contributed by atoms with Crippen LogP contribution in [0.4, 0.5) is 8.78 Å². The van der Waals surface area contributed by atoms with E-state index in [1.807, 2.05) is 6.92 Å². The van der Waals surface area contributed by atoms with Gasteiger partial charge >= 0.3 is 0 Å². The second-order valence-corrected chi connectivity index (χ2v) is 5.41. The standard InChI is InChI=1S/C15H16F2N2OS/c1-9(2)6-10(3)19-15(18)21-8-14(20)12-5-4-11(16)7-13(12)17/h4-7H,1,8H2,2-3H3,(H2,18,19)/b10-6-. The fourth-order valence-corrected chi connectivity index (χ4v) is 2.17. The molecule has 0 atom stereocenters. The monoisotopic (exact) mass is 310 g/mol. The van der Waals surface area contributed by atoms with Gasteiger partial charge in [0.2, 0.25) is 0 Å². The van der Waals surface area contributed by atoms with Gasteiger partial charge in [0.15, 0.2) is 11.0 Å². The third-order valence-corrected chi connectivity index (χ3v) is 3.12. The topological polar surface area (TPSA) is 55.4 Å². The summed E-state index contributed by atoms with van der Waals surface area (Å²) in [6, 6.07) is 2.83. The number of hydrogen-bond donors (Lipinski definition) is 1. The van der Waals surface area contributed by atoms with Gasteiger partial charge in [0.05, 0.1) is 11.3 Å². The van der Waals surface area contributed by atoms with Crippen molar-refractivity contribution >= 4 is 22.7 Å². The molecule has 0 fully saturated rings. The van der Waals surface area contributed by atoms with Crippen LogP contribution in [0.2, 0.25) is 0 Å². The fourth-order valence-electron chi connectivity index (χ4n) is 1.53. The zero-order chi connectivity index (χ0) is 16.0. The van der Waals surface area contributed by atoms with Crippen LogP contribution in [0.1, 0.15) is 24.2 Å². The maximum Gasteiger partial charge on any atom is 0.176 e. The highest BCUT2D eigenvalue weighted by Crippen LogP contribution is 2.14. The van der Waals surface area contributed by atoms with Gasteiger partial charge in [-0.05, 0) is 32.1 Å². The van der Waals surface area contributed by atoms with Crippen LogP contribution in [0.3, 0.4) is 0 Å². The van der Waals surface area contributed by atoms with E-state index in [9.17, 15) is 13.6 Å². The van der Waals surface area contributed by atoms with Crippen LogP contribution in [-0.4, -0.2) is 16.7 Å². The molecule has 0 spiro atoms. The molecule has 0 amide bonds. The van der Waals surface area contributed by atoms with Crippen molar-refractivity contribution in [2.24, 2.45) is 10.7 Å². The number of rotatable bonds is 5. The zero-order valence-corrected chi connectivity index (χ0v) is 12.6. The molecule has 0 aromatic heterocycles. The van der Waals surface area contributed by atoms with Crippen molar-refractivity contribution < 1.29 is 13.6 Å². The third kappa shape index (κ3) is 5.91. The summed E-state index contributed by atoms with van der Waals surface area (Å²) in [5, 5.41) is 0.195. The number of halogens is 2. The molecular weight excluding hydrogens is 294 g/mol. The van der Waals surface area contributed by atoms with E-state index in [2.05, 4.69) is 11.6 Å². The van der Waals surface area contributed by atoms with Crippen LogP contribution >= 0.6 is 11.8 Å². The smallest absolute Gasteiger partial charge is 0.176 e. The number of carbonyl (C=O) groups excluding carboxylic acids is 1. The minimum absolute atomic E-state index is 0.0712. The molecular formula is C15H16F2N2OS. The van der Waals surface area contributed by atoms with E-state index < -0.39 is 17.4 Å². The van der Waals surface area contributed by atoms with E-state index >= 15 is 0 Å². The van der Waals surface area contributed by atoms with Crippen LogP contribution in [0, 0.1) is 11.6 Å². The number of benzene rings is 1. The number of Topliss-reactive ketones (excluding diaryl/α,β-unsaturated/α-hetero) is 1. The number of carbonyl (C=O) groups is 1. The lowest BCUT2D eigenvalue weighted by atomic mass is 10.1. The summed E-state index contributed by atoms with van der Waals surface area (Å²) < 4.78 is 26.2. The van der Waals surface area contributed by atoms with Gasteiger partial charge in [-0.1, -0.05) is 23.9 Å². The highest BCUT2D eigenvalue weighted by molar-refractivity contribution is 8.14. The predicted octanol–water partition coefficient (Wildman–Crippen LogP) is 3.68. The summed E-state index contributed by atoms with van der Waals surface area (Å²) in [7, 11) is 0. The first kappa shape index (κ1) is 17.1. The number of nitrogens with two attached hydrogens (primary N) is 1. The SMILES string of the molecule is C=C(C)/C=C(C)\N=C(/N)SCC(=O)c1ccc(F)cc1F. The van der Waals surface area contributed by atoms with Gasteiger partial charge < -0.3 is 5.73 Å². The average Bonchev–Trinajstić information content (AvgIpc) is 2.34. The Hall–Kier alpha value is -1.95. The Morgan fingerprint density at radius 3 is 2.67 bits per heavy atom. The van der Waals surface area contributed by atoms with E-state index in [1.165, 1.54) is 0 Å². The first-order valence-electron chi connectivity index (χ1n) is 6.08. The normalized spacial score (nSPS) is 12.4. The van der Waals surface area contributed by atoms with E-state index in [0.29, 0.717) is 11.8 Å². The molecule has 21 heavy (non-hydrogen) atoms. The van der Waals surface area contributed by atoms with Gasteiger partial charge in [-0.15, -0.1) is 0 Å². The Bertz CT molecular complexity index is 624.